The number of carbonyl (C=O) groups excluding carboxylic acids is 2. The molecule has 2 atom stereocenters. The van der Waals surface area contributed by atoms with E-state index in [-0.39, 0.29) is 23.8 Å². The van der Waals surface area contributed by atoms with Crippen LogP contribution in [0.4, 0.5) is 5.69 Å². The SMILES string of the molecule is C[C@H](c1ccccc1)N1C[C@H](C(=O)N2CCN(c3cccc(Cl)c3)CC2)CC1=O. The summed E-state index contributed by atoms with van der Waals surface area (Å²) in [7, 11) is 0. The average molecular weight is 412 g/mol. The summed E-state index contributed by atoms with van der Waals surface area (Å²) in [6.45, 7) is 5.43. The lowest BCUT2D eigenvalue weighted by Crippen LogP contribution is -2.50. The summed E-state index contributed by atoms with van der Waals surface area (Å²) >= 11 is 6.10. The van der Waals surface area contributed by atoms with Crippen LogP contribution >= 0.6 is 11.6 Å². The van der Waals surface area contributed by atoms with Crippen LogP contribution in [0.5, 0.6) is 0 Å². The predicted molar refractivity (Wildman–Crippen MR) is 115 cm³/mol. The molecule has 2 aromatic rings. The van der Waals surface area contributed by atoms with Crippen LogP contribution in [0.2, 0.25) is 5.02 Å². The van der Waals surface area contributed by atoms with Gasteiger partial charge in [-0.1, -0.05) is 48.0 Å². The van der Waals surface area contributed by atoms with Gasteiger partial charge < -0.3 is 14.7 Å². The third-order valence-electron chi connectivity index (χ3n) is 6.02. The molecule has 0 aromatic heterocycles. The zero-order valence-corrected chi connectivity index (χ0v) is 17.4. The lowest BCUT2D eigenvalue weighted by Gasteiger charge is -2.37. The Labute approximate surface area is 176 Å². The zero-order valence-electron chi connectivity index (χ0n) is 16.6. The highest BCUT2D eigenvalue weighted by molar-refractivity contribution is 6.30. The molecule has 29 heavy (non-hydrogen) atoms. The first kappa shape index (κ1) is 19.8. The van der Waals surface area contributed by atoms with E-state index < -0.39 is 0 Å². The monoisotopic (exact) mass is 411 g/mol. The van der Waals surface area contributed by atoms with E-state index in [9.17, 15) is 9.59 Å². The van der Waals surface area contributed by atoms with Gasteiger partial charge in [-0.05, 0) is 30.7 Å². The summed E-state index contributed by atoms with van der Waals surface area (Å²) in [4.78, 5) is 31.7. The van der Waals surface area contributed by atoms with Gasteiger partial charge >= 0.3 is 0 Å². The van der Waals surface area contributed by atoms with Gasteiger partial charge in [-0.15, -0.1) is 0 Å². The van der Waals surface area contributed by atoms with Gasteiger partial charge in [0.25, 0.3) is 0 Å². The first-order valence-electron chi connectivity index (χ1n) is 10.2. The number of anilines is 1. The molecule has 0 bridgehead atoms. The summed E-state index contributed by atoms with van der Waals surface area (Å²) < 4.78 is 0. The number of amides is 2. The summed E-state index contributed by atoms with van der Waals surface area (Å²) in [6.07, 6.45) is 0.310. The molecule has 0 radical (unpaired) electrons. The third kappa shape index (κ3) is 4.25. The predicted octanol–water partition coefficient (Wildman–Crippen LogP) is 3.60. The second-order valence-corrected chi connectivity index (χ2v) is 8.26. The van der Waals surface area contributed by atoms with Crippen molar-refractivity contribution in [2.75, 3.05) is 37.6 Å². The van der Waals surface area contributed by atoms with Crippen molar-refractivity contribution in [2.45, 2.75) is 19.4 Å². The number of hydrogen-bond donors (Lipinski definition) is 0. The van der Waals surface area contributed by atoms with Crippen LogP contribution in [-0.4, -0.2) is 54.3 Å². The maximum atomic E-state index is 13.1. The number of benzene rings is 2. The van der Waals surface area contributed by atoms with E-state index in [1.807, 2.05) is 71.3 Å². The largest absolute Gasteiger partial charge is 0.368 e. The van der Waals surface area contributed by atoms with Crippen molar-refractivity contribution in [2.24, 2.45) is 5.92 Å². The minimum atomic E-state index is -0.244. The Hall–Kier alpha value is -2.53. The standard InChI is InChI=1S/C23H26ClN3O2/c1-17(18-6-3-2-4-7-18)27-16-19(14-22(27)28)23(29)26-12-10-25(11-13-26)21-9-5-8-20(24)15-21/h2-9,15,17,19H,10-14,16H2,1H3/t17-,19-/m1/s1. The van der Waals surface area contributed by atoms with Crippen molar-refractivity contribution in [1.82, 2.24) is 9.80 Å². The molecule has 0 unspecified atom stereocenters. The summed E-state index contributed by atoms with van der Waals surface area (Å²) in [5.74, 6) is -0.0736. The smallest absolute Gasteiger partial charge is 0.228 e. The lowest BCUT2D eigenvalue weighted by atomic mass is 10.1. The first-order valence-corrected chi connectivity index (χ1v) is 10.5. The molecular formula is C23H26ClN3O2. The van der Waals surface area contributed by atoms with E-state index in [1.54, 1.807) is 0 Å². The highest BCUT2D eigenvalue weighted by atomic mass is 35.5. The zero-order chi connectivity index (χ0) is 20.4. The van der Waals surface area contributed by atoms with E-state index in [0.717, 1.165) is 29.4 Å². The molecule has 0 spiro atoms. The Morgan fingerprint density at radius 3 is 2.45 bits per heavy atom. The number of hydrogen-bond acceptors (Lipinski definition) is 3. The fourth-order valence-corrected chi connectivity index (χ4v) is 4.48. The van der Waals surface area contributed by atoms with Gasteiger partial charge in [0.15, 0.2) is 0 Å². The minimum Gasteiger partial charge on any atom is -0.368 e. The number of rotatable bonds is 4. The molecular weight excluding hydrogens is 386 g/mol. The number of piperazine rings is 1. The molecule has 5 nitrogen and oxygen atoms in total. The van der Waals surface area contributed by atoms with Crippen molar-refractivity contribution in [3.05, 3.63) is 65.2 Å². The molecule has 0 N–H and O–H groups in total. The van der Waals surface area contributed by atoms with Crippen molar-refractivity contribution in [3.8, 4) is 0 Å². The Bertz CT molecular complexity index is 881. The van der Waals surface area contributed by atoms with Gasteiger partial charge in [0.1, 0.15) is 0 Å². The second-order valence-electron chi connectivity index (χ2n) is 7.83. The molecule has 0 aliphatic carbocycles. The maximum absolute atomic E-state index is 13.1. The van der Waals surface area contributed by atoms with Gasteiger partial charge in [0.2, 0.25) is 11.8 Å². The van der Waals surface area contributed by atoms with Gasteiger partial charge in [-0.3, -0.25) is 9.59 Å². The molecule has 2 aliphatic heterocycles. The molecule has 6 heteroatoms. The van der Waals surface area contributed by atoms with Crippen LogP contribution in [0.1, 0.15) is 24.9 Å². The van der Waals surface area contributed by atoms with E-state index in [0.29, 0.717) is 26.1 Å². The number of likely N-dealkylation sites (tertiary alicyclic amines) is 1. The fraction of sp³-hybridized carbons (Fsp3) is 0.391. The summed E-state index contributed by atoms with van der Waals surface area (Å²) in [5.41, 5.74) is 2.19. The molecule has 4 rings (SSSR count). The molecule has 2 heterocycles. The Kier molecular flexibility index (Phi) is 5.76. The quantitative estimate of drug-likeness (QED) is 0.772. The number of nitrogens with zero attached hydrogens (tertiary/aromatic N) is 3. The van der Waals surface area contributed by atoms with Crippen LogP contribution < -0.4 is 4.90 Å². The molecule has 2 aromatic carbocycles. The lowest BCUT2D eigenvalue weighted by molar-refractivity contribution is -0.136. The van der Waals surface area contributed by atoms with Crippen LogP contribution in [-0.2, 0) is 9.59 Å². The van der Waals surface area contributed by atoms with E-state index in [4.69, 9.17) is 11.6 Å². The molecule has 2 fully saturated rings. The summed E-state index contributed by atoms with van der Waals surface area (Å²) in [5, 5.41) is 0.720. The molecule has 2 saturated heterocycles. The number of halogens is 1. The van der Waals surface area contributed by atoms with Crippen molar-refractivity contribution in [3.63, 3.8) is 0 Å². The van der Waals surface area contributed by atoms with E-state index in [1.165, 1.54) is 0 Å². The van der Waals surface area contributed by atoms with Gasteiger partial charge in [0.05, 0.1) is 12.0 Å². The summed E-state index contributed by atoms with van der Waals surface area (Å²) in [6, 6.07) is 17.8. The normalized spacial score (nSPS) is 20.8. The van der Waals surface area contributed by atoms with Crippen LogP contribution in [0.3, 0.4) is 0 Å². The molecule has 2 amide bonds. The molecule has 152 valence electrons. The van der Waals surface area contributed by atoms with Gasteiger partial charge in [-0.2, -0.15) is 0 Å². The van der Waals surface area contributed by atoms with Gasteiger partial charge in [0, 0.05) is 49.9 Å². The Morgan fingerprint density at radius 1 is 1.03 bits per heavy atom. The van der Waals surface area contributed by atoms with Crippen molar-refractivity contribution < 1.29 is 9.59 Å². The van der Waals surface area contributed by atoms with Crippen molar-refractivity contribution in [1.29, 1.82) is 0 Å². The van der Waals surface area contributed by atoms with E-state index >= 15 is 0 Å². The molecule has 0 saturated carbocycles. The Morgan fingerprint density at radius 2 is 1.76 bits per heavy atom. The van der Waals surface area contributed by atoms with Gasteiger partial charge in [-0.25, -0.2) is 0 Å². The van der Waals surface area contributed by atoms with Crippen LogP contribution in [0.15, 0.2) is 54.6 Å². The topological polar surface area (TPSA) is 43.9 Å². The van der Waals surface area contributed by atoms with E-state index in [2.05, 4.69) is 4.90 Å². The van der Waals surface area contributed by atoms with Crippen LogP contribution in [0.25, 0.3) is 0 Å². The fourth-order valence-electron chi connectivity index (χ4n) is 4.30. The van der Waals surface area contributed by atoms with Crippen molar-refractivity contribution >= 4 is 29.1 Å². The maximum Gasteiger partial charge on any atom is 0.228 e. The van der Waals surface area contributed by atoms with Crippen LogP contribution in [0, 0.1) is 5.92 Å². The highest BCUT2D eigenvalue weighted by Gasteiger charge is 2.39. The third-order valence-corrected chi connectivity index (χ3v) is 6.26. The minimum absolute atomic E-state index is 0.0128. The average Bonchev–Trinajstić information content (AvgIpc) is 3.15. The second kappa shape index (κ2) is 8.46. The Balaban J connectivity index is 1.35. The molecule has 2 aliphatic rings. The number of carbonyl (C=O) groups is 2. The first-order chi connectivity index (χ1) is 14.0. The highest BCUT2D eigenvalue weighted by Crippen LogP contribution is 2.30.